The van der Waals surface area contributed by atoms with Crippen molar-refractivity contribution < 1.29 is 9.53 Å². The fraction of sp³-hybridized carbons (Fsp3) is 0.632. The molecule has 0 atom stereocenters. The minimum absolute atomic E-state index is 0. The summed E-state index contributed by atoms with van der Waals surface area (Å²) in [6, 6.07) is 5.85. The Hall–Kier alpha value is -0.530. The summed E-state index contributed by atoms with van der Waals surface area (Å²) in [5.41, 5.74) is 0.784. The molecule has 1 amide bonds. The highest BCUT2D eigenvalue weighted by atomic mass is 79.9. The first-order valence-electron chi connectivity index (χ1n) is 8.90. The highest BCUT2D eigenvalue weighted by Crippen LogP contribution is 2.23. The smallest absolute Gasteiger partial charge is 0.258 e. The van der Waals surface area contributed by atoms with Gasteiger partial charge < -0.3 is 20.3 Å². The monoisotopic (exact) mass is 485 g/mol. The van der Waals surface area contributed by atoms with Crippen molar-refractivity contribution in [3.8, 4) is 5.75 Å². The first-order chi connectivity index (χ1) is 11.7. The molecule has 0 aliphatic carbocycles. The lowest BCUT2D eigenvalue weighted by Gasteiger charge is -2.21. The van der Waals surface area contributed by atoms with Crippen molar-refractivity contribution in [3.63, 3.8) is 0 Å². The molecule has 1 aromatic carbocycles. The van der Waals surface area contributed by atoms with Crippen molar-refractivity contribution >= 4 is 46.7 Å². The molecule has 27 heavy (non-hydrogen) atoms. The van der Waals surface area contributed by atoms with E-state index in [1.807, 2.05) is 39.0 Å². The first kappa shape index (κ1) is 28.7. The summed E-state index contributed by atoms with van der Waals surface area (Å²) >= 11 is 3.50. The molecule has 8 heteroatoms. The normalized spacial score (nSPS) is 10.8. The molecule has 0 saturated carbocycles. The van der Waals surface area contributed by atoms with Crippen molar-refractivity contribution in [1.29, 1.82) is 0 Å². The van der Waals surface area contributed by atoms with Crippen LogP contribution in [0.5, 0.6) is 5.75 Å². The molecule has 0 spiro atoms. The number of carbonyl (C=O) groups is 1. The van der Waals surface area contributed by atoms with Gasteiger partial charge >= 0.3 is 0 Å². The summed E-state index contributed by atoms with van der Waals surface area (Å²) in [4.78, 5) is 14.3. The minimum Gasteiger partial charge on any atom is -0.483 e. The third kappa shape index (κ3) is 12.5. The highest BCUT2D eigenvalue weighted by Gasteiger charge is 2.14. The largest absolute Gasteiger partial charge is 0.483 e. The summed E-state index contributed by atoms with van der Waals surface area (Å²) in [5, 5.41) is 6.35. The molecule has 0 aliphatic rings. The average molecular weight is 487 g/mol. The van der Waals surface area contributed by atoms with E-state index in [9.17, 15) is 4.79 Å². The lowest BCUT2D eigenvalue weighted by Crippen LogP contribution is -2.43. The molecular weight excluding hydrogens is 453 g/mol. The molecule has 0 unspecified atom stereocenters. The van der Waals surface area contributed by atoms with Gasteiger partial charge in [0, 0.05) is 35.2 Å². The molecular formula is C19H34BrCl2N3O2. The lowest BCUT2D eigenvalue weighted by molar-refractivity contribution is -0.124. The van der Waals surface area contributed by atoms with Crippen molar-refractivity contribution in [1.82, 2.24) is 15.5 Å². The topological polar surface area (TPSA) is 53.6 Å². The van der Waals surface area contributed by atoms with Gasteiger partial charge in [-0.2, -0.15) is 0 Å². The third-order valence-corrected chi connectivity index (χ3v) is 4.20. The van der Waals surface area contributed by atoms with Crippen molar-refractivity contribution in [3.05, 3.63) is 28.2 Å². The highest BCUT2D eigenvalue weighted by molar-refractivity contribution is 9.10. The number of carbonyl (C=O) groups excluding carboxylic acids is 1. The SMILES string of the molecule is CCN(CC)CCNCc1cc(Br)ccc1OCC(=O)NC(C)(C)C.Cl.Cl. The summed E-state index contributed by atoms with van der Waals surface area (Å²) in [6.45, 7) is 15.0. The van der Waals surface area contributed by atoms with Crippen LogP contribution in [0, 0.1) is 0 Å². The molecule has 0 aliphatic heterocycles. The molecule has 0 bridgehead atoms. The number of benzene rings is 1. The van der Waals surface area contributed by atoms with Gasteiger partial charge in [0.2, 0.25) is 0 Å². The van der Waals surface area contributed by atoms with Gasteiger partial charge in [0.1, 0.15) is 5.75 Å². The fourth-order valence-corrected chi connectivity index (χ4v) is 2.83. The van der Waals surface area contributed by atoms with Gasteiger partial charge in [0.25, 0.3) is 5.91 Å². The number of hydrogen-bond donors (Lipinski definition) is 2. The number of nitrogens with zero attached hydrogens (tertiary/aromatic N) is 1. The van der Waals surface area contributed by atoms with Crippen LogP contribution in [0.1, 0.15) is 40.2 Å². The van der Waals surface area contributed by atoms with Crippen LogP contribution < -0.4 is 15.4 Å². The van der Waals surface area contributed by atoms with Crippen LogP contribution in [-0.2, 0) is 11.3 Å². The second kappa shape index (κ2) is 14.5. The van der Waals surface area contributed by atoms with E-state index < -0.39 is 0 Å². The van der Waals surface area contributed by atoms with Gasteiger partial charge in [-0.1, -0.05) is 29.8 Å². The molecule has 0 fully saturated rings. The molecule has 1 rings (SSSR count). The van der Waals surface area contributed by atoms with Crippen molar-refractivity contribution in [2.24, 2.45) is 0 Å². The number of halogens is 3. The third-order valence-electron chi connectivity index (χ3n) is 3.71. The van der Waals surface area contributed by atoms with E-state index in [1.165, 1.54) is 0 Å². The lowest BCUT2D eigenvalue weighted by atomic mass is 10.1. The summed E-state index contributed by atoms with van der Waals surface area (Å²) in [7, 11) is 0. The molecule has 0 radical (unpaired) electrons. The van der Waals surface area contributed by atoms with Crippen LogP contribution in [0.25, 0.3) is 0 Å². The Kier molecular flexibility index (Phi) is 15.4. The van der Waals surface area contributed by atoms with Crippen molar-refractivity contribution in [2.75, 3.05) is 32.8 Å². The van der Waals surface area contributed by atoms with Crippen LogP contribution in [0.15, 0.2) is 22.7 Å². The van der Waals surface area contributed by atoms with Crippen LogP contribution in [-0.4, -0.2) is 49.1 Å². The van der Waals surface area contributed by atoms with Gasteiger partial charge in [-0.3, -0.25) is 4.79 Å². The molecule has 0 aromatic heterocycles. The number of ether oxygens (including phenoxy) is 1. The van der Waals surface area contributed by atoms with Gasteiger partial charge in [0.05, 0.1) is 0 Å². The number of likely N-dealkylation sites (N-methyl/N-ethyl adjacent to an activating group) is 1. The zero-order valence-electron chi connectivity index (χ0n) is 16.9. The number of nitrogens with one attached hydrogen (secondary N) is 2. The second-order valence-electron chi connectivity index (χ2n) is 7.04. The van der Waals surface area contributed by atoms with E-state index in [-0.39, 0.29) is 42.9 Å². The molecule has 0 saturated heterocycles. The standard InChI is InChI=1S/C19H32BrN3O2.2ClH/c1-6-23(7-2)11-10-21-13-15-12-16(20)8-9-17(15)25-14-18(24)22-19(3,4)5;;/h8-9,12,21H,6-7,10-11,13-14H2,1-5H3,(H,22,24);2*1H. The molecule has 0 heterocycles. The summed E-state index contributed by atoms with van der Waals surface area (Å²) in [5.74, 6) is 0.624. The Labute approximate surface area is 184 Å². The average Bonchev–Trinajstić information content (AvgIpc) is 2.52. The molecule has 2 N–H and O–H groups in total. The number of rotatable bonds is 10. The van der Waals surface area contributed by atoms with E-state index in [1.54, 1.807) is 0 Å². The van der Waals surface area contributed by atoms with E-state index >= 15 is 0 Å². The minimum atomic E-state index is -0.255. The van der Waals surface area contributed by atoms with E-state index in [2.05, 4.69) is 45.3 Å². The maximum atomic E-state index is 11.9. The summed E-state index contributed by atoms with van der Waals surface area (Å²) < 4.78 is 6.74. The van der Waals surface area contributed by atoms with Crippen LogP contribution in [0.2, 0.25) is 0 Å². The van der Waals surface area contributed by atoms with Crippen LogP contribution in [0.4, 0.5) is 0 Å². The Balaban J connectivity index is 0. The van der Waals surface area contributed by atoms with E-state index in [0.29, 0.717) is 6.54 Å². The van der Waals surface area contributed by atoms with Gasteiger partial charge in [-0.25, -0.2) is 0 Å². The maximum Gasteiger partial charge on any atom is 0.258 e. The Morgan fingerprint density at radius 2 is 1.81 bits per heavy atom. The summed E-state index contributed by atoms with van der Waals surface area (Å²) in [6.07, 6.45) is 0. The predicted octanol–water partition coefficient (Wildman–Crippen LogP) is 4.02. The molecule has 158 valence electrons. The first-order valence-corrected chi connectivity index (χ1v) is 9.69. The maximum absolute atomic E-state index is 11.9. The Morgan fingerprint density at radius 1 is 1.19 bits per heavy atom. The van der Waals surface area contributed by atoms with E-state index in [0.717, 1.165) is 42.0 Å². The zero-order valence-corrected chi connectivity index (χ0v) is 20.2. The number of amides is 1. The molecule has 5 nitrogen and oxygen atoms in total. The zero-order chi connectivity index (χ0) is 18.9. The second-order valence-corrected chi connectivity index (χ2v) is 7.96. The van der Waals surface area contributed by atoms with Gasteiger partial charge in [0.15, 0.2) is 6.61 Å². The Morgan fingerprint density at radius 3 is 2.37 bits per heavy atom. The van der Waals surface area contributed by atoms with Crippen LogP contribution in [0.3, 0.4) is 0 Å². The van der Waals surface area contributed by atoms with Gasteiger partial charge in [-0.05, 0) is 52.1 Å². The van der Waals surface area contributed by atoms with Crippen LogP contribution >= 0.6 is 40.7 Å². The van der Waals surface area contributed by atoms with Crippen molar-refractivity contribution in [2.45, 2.75) is 46.7 Å². The molecule has 1 aromatic rings. The number of hydrogen-bond acceptors (Lipinski definition) is 4. The van der Waals surface area contributed by atoms with E-state index in [4.69, 9.17) is 4.74 Å². The predicted molar refractivity (Wildman–Crippen MR) is 122 cm³/mol. The Bertz CT molecular complexity index is 550. The fourth-order valence-electron chi connectivity index (χ4n) is 2.42. The quantitative estimate of drug-likeness (QED) is 0.490. The van der Waals surface area contributed by atoms with Gasteiger partial charge in [-0.15, -0.1) is 24.8 Å².